The number of alkyl halides is 3. The molecule has 0 fully saturated rings. The summed E-state index contributed by atoms with van der Waals surface area (Å²) >= 11 is 0. The van der Waals surface area contributed by atoms with Crippen molar-refractivity contribution in [2.45, 2.75) is 12.1 Å². The Hall–Kier alpha value is -3.07. The van der Waals surface area contributed by atoms with Crippen LogP contribution in [0.3, 0.4) is 0 Å². The number of ether oxygens (including phenoxy) is 2. The number of halogens is 3. The normalized spacial score (nSPS) is 12.8. The highest BCUT2D eigenvalue weighted by Crippen LogP contribution is 2.44. The number of hydrogen-bond donors (Lipinski definition) is 2. The number of fused-ring (bicyclic) bond motifs is 3. The fourth-order valence-electron chi connectivity index (χ4n) is 3.16. The van der Waals surface area contributed by atoms with Crippen LogP contribution >= 0.6 is 0 Å². The van der Waals surface area contributed by atoms with Crippen LogP contribution in [0.25, 0.3) is 11.1 Å². The van der Waals surface area contributed by atoms with Gasteiger partial charge >= 0.3 is 12.3 Å². The Morgan fingerprint density at radius 1 is 0.931 bits per heavy atom. The quantitative estimate of drug-likeness (QED) is 0.545. The second-order valence-corrected chi connectivity index (χ2v) is 6.39. The molecule has 0 saturated carbocycles. The zero-order valence-corrected chi connectivity index (χ0v) is 15.3. The Morgan fingerprint density at radius 3 is 2.10 bits per heavy atom. The Kier molecular flexibility index (Phi) is 6.38. The van der Waals surface area contributed by atoms with Crippen LogP contribution < -0.4 is 10.6 Å². The van der Waals surface area contributed by atoms with Crippen molar-refractivity contribution in [3.05, 3.63) is 59.7 Å². The van der Waals surface area contributed by atoms with Crippen molar-refractivity contribution < 1.29 is 32.2 Å². The van der Waals surface area contributed by atoms with Gasteiger partial charge < -0.3 is 20.1 Å². The average Bonchev–Trinajstić information content (AvgIpc) is 3.01. The molecule has 0 radical (unpaired) electrons. The third-order valence-corrected chi connectivity index (χ3v) is 4.37. The lowest BCUT2D eigenvalue weighted by Crippen LogP contribution is -2.39. The lowest BCUT2D eigenvalue weighted by atomic mass is 9.98. The van der Waals surface area contributed by atoms with Gasteiger partial charge in [-0.3, -0.25) is 4.79 Å². The summed E-state index contributed by atoms with van der Waals surface area (Å²) in [6.07, 6.45) is -5.26. The first kappa shape index (κ1) is 20.7. The van der Waals surface area contributed by atoms with E-state index < -0.39 is 38.1 Å². The van der Waals surface area contributed by atoms with E-state index in [1.807, 2.05) is 48.5 Å². The number of benzene rings is 2. The maximum atomic E-state index is 11.9. The topological polar surface area (TPSA) is 76.7 Å². The molecule has 6 nitrogen and oxygen atoms in total. The summed E-state index contributed by atoms with van der Waals surface area (Å²) < 4.78 is 45.3. The summed E-state index contributed by atoms with van der Waals surface area (Å²) in [5.41, 5.74) is 4.30. The maximum Gasteiger partial charge on any atom is 0.411 e. The third-order valence-electron chi connectivity index (χ3n) is 4.37. The highest BCUT2D eigenvalue weighted by molar-refractivity contribution is 5.82. The molecule has 1 aliphatic carbocycles. The second-order valence-electron chi connectivity index (χ2n) is 6.39. The summed E-state index contributed by atoms with van der Waals surface area (Å²) in [5, 5.41) is 4.36. The van der Waals surface area contributed by atoms with Crippen LogP contribution in [0.4, 0.5) is 18.0 Å². The minimum atomic E-state index is -4.47. The van der Waals surface area contributed by atoms with E-state index in [9.17, 15) is 22.8 Å². The molecule has 0 unspecified atom stereocenters. The van der Waals surface area contributed by atoms with Gasteiger partial charge in [-0.25, -0.2) is 4.79 Å². The fourth-order valence-corrected chi connectivity index (χ4v) is 3.16. The molecule has 2 aromatic carbocycles. The Bertz CT molecular complexity index is 841. The lowest BCUT2D eigenvalue weighted by Gasteiger charge is -2.14. The van der Waals surface area contributed by atoms with Gasteiger partial charge in [0.05, 0.1) is 0 Å². The average molecular weight is 408 g/mol. The minimum Gasteiger partial charge on any atom is -0.449 e. The SMILES string of the molecule is O=C(CNC(=O)OCC1c2ccccc2-c2ccccc21)NCOCC(F)(F)F. The predicted molar refractivity (Wildman–Crippen MR) is 98.1 cm³/mol. The van der Waals surface area contributed by atoms with Crippen molar-refractivity contribution in [1.29, 1.82) is 0 Å². The summed E-state index contributed by atoms with van der Waals surface area (Å²) in [6.45, 7) is -2.42. The van der Waals surface area contributed by atoms with Crippen LogP contribution in [0.2, 0.25) is 0 Å². The van der Waals surface area contributed by atoms with Crippen molar-refractivity contribution in [3.63, 3.8) is 0 Å². The maximum absolute atomic E-state index is 11.9. The number of rotatable bonds is 7. The number of hydrogen-bond acceptors (Lipinski definition) is 4. The highest BCUT2D eigenvalue weighted by atomic mass is 19.4. The molecule has 0 bridgehead atoms. The van der Waals surface area contributed by atoms with Gasteiger partial charge in [-0.1, -0.05) is 48.5 Å². The van der Waals surface area contributed by atoms with E-state index in [1.165, 1.54) is 0 Å². The first-order valence-electron chi connectivity index (χ1n) is 8.85. The first-order chi connectivity index (χ1) is 13.8. The van der Waals surface area contributed by atoms with E-state index in [0.29, 0.717) is 0 Å². The van der Waals surface area contributed by atoms with Gasteiger partial charge in [0, 0.05) is 5.92 Å². The zero-order valence-electron chi connectivity index (χ0n) is 15.3. The molecule has 1 aliphatic rings. The Balaban J connectivity index is 1.45. The molecule has 0 spiro atoms. The molecule has 0 saturated heterocycles. The van der Waals surface area contributed by atoms with Gasteiger partial charge in [0.25, 0.3) is 0 Å². The summed E-state index contributed by atoms with van der Waals surface area (Å²) in [6, 6.07) is 15.7. The van der Waals surface area contributed by atoms with E-state index in [4.69, 9.17) is 4.74 Å². The molecule has 29 heavy (non-hydrogen) atoms. The molecule has 2 amide bonds. The number of carbonyl (C=O) groups is 2. The van der Waals surface area contributed by atoms with E-state index in [2.05, 4.69) is 15.4 Å². The molecule has 3 rings (SSSR count). The van der Waals surface area contributed by atoms with Crippen molar-refractivity contribution in [3.8, 4) is 11.1 Å². The second kappa shape index (κ2) is 8.95. The number of amides is 2. The minimum absolute atomic E-state index is 0.0934. The van der Waals surface area contributed by atoms with Gasteiger partial charge in [-0.05, 0) is 22.3 Å². The van der Waals surface area contributed by atoms with Gasteiger partial charge in [0.2, 0.25) is 5.91 Å². The van der Waals surface area contributed by atoms with Crippen LogP contribution in [-0.2, 0) is 14.3 Å². The van der Waals surface area contributed by atoms with Crippen LogP contribution in [0.15, 0.2) is 48.5 Å². The van der Waals surface area contributed by atoms with Crippen molar-refractivity contribution in [2.75, 3.05) is 26.5 Å². The summed E-state index contributed by atoms with van der Waals surface area (Å²) in [5.74, 6) is -0.807. The van der Waals surface area contributed by atoms with Crippen molar-refractivity contribution >= 4 is 12.0 Å². The fraction of sp³-hybridized carbons (Fsp3) is 0.300. The lowest BCUT2D eigenvalue weighted by molar-refractivity contribution is -0.176. The summed E-state index contributed by atoms with van der Waals surface area (Å²) in [7, 11) is 0. The van der Waals surface area contributed by atoms with E-state index in [1.54, 1.807) is 0 Å². The predicted octanol–water partition coefficient (Wildman–Crippen LogP) is 3.18. The summed E-state index contributed by atoms with van der Waals surface area (Å²) in [4.78, 5) is 23.4. The molecule has 0 aliphatic heterocycles. The van der Waals surface area contributed by atoms with Crippen LogP contribution in [0.1, 0.15) is 17.0 Å². The third kappa shape index (κ3) is 5.47. The monoisotopic (exact) mass is 408 g/mol. The molecule has 0 atom stereocenters. The molecule has 2 aromatic rings. The largest absolute Gasteiger partial charge is 0.449 e. The molecule has 9 heteroatoms. The Morgan fingerprint density at radius 2 is 1.52 bits per heavy atom. The number of carbonyl (C=O) groups excluding carboxylic acids is 2. The van der Waals surface area contributed by atoms with Crippen LogP contribution in [0.5, 0.6) is 0 Å². The highest BCUT2D eigenvalue weighted by Gasteiger charge is 2.29. The van der Waals surface area contributed by atoms with Crippen LogP contribution in [0, 0.1) is 0 Å². The zero-order chi connectivity index (χ0) is 20.9. The molecular weight excluding hydrogens is 389 g/mol. The molecule has 0 heterocycles. The smallest absolute Gasteiger partial charge is 0.411 e. The van der Waals surface area contributed by atoms with Crippen molar-refractivity contribution in [1.82, 2.24) is 10.6 Å². The number of alkyl carbamates (subject to hydrolysis) is 1. The Labute approximate surface area is 165 Å². The molecular formula is C20H19F3N2O4. The van der Waals surface area contributed by atoms with Crippen LogP contribution in [-0.4, -0.2) is 44.7 Å². The van der Waals surface area contributed by atoms with E-state index >= 15 is 0 Å². The molecule has 0 aromatic heterocycles. The van der Waals surface area contributed by atoms with E-state index in [-0.39, 0.29) is 12.5 Å². The van der Waals surface area contributed by atoms with Gasteiger partial charge in [0.15, 0.2) is 0 Å². The first-order valence-corrected chi connectivity index (χ1v) is 8.85. The van der Waals surface area contributed by atoms with Gasteiger partial charge in [-0.2, -0.15) is 13.2 Å². The molecule has 154 valence electrons. The van der Waals surface area contributed by atoms with Gasteiger partial charge in [-0.15, -0.1) is 0 Å². The van der Waals surface area contributed by atoms with Crippen molar-refractivity contribution in [2.24, 2.45) is 0 Å². The number of nitrogens with one attached hydrogen (secondary N) is 2. The molecule has 2 N–H and O–H groups in total. The van der Waals surface area contributed by atoms with E-state index in [0.717, 1.165) is 22.3 Å². The standard InChI is InChI=1S/C20H19F3N2O4/c21-20(22,23)11-28-12-25-18(26)9-24-19(27)29-10-17-15-7-3-1-5-13(15)14-6-2-4-8-16(14)17/h1-8,17H,9-12H2,(H,24,27)(H,25,26). The van der Waals surface area contributed by atoms with Gasteiger partial charge in [0.1, 0.15) is 26.5 Å².